The normalized spacial score (nSPS) is 17.1. The van der Waals surface area contributed by atoms with Gasteiger partial charge in [0.15, 0.2) is 5.78 Å². The minimum Gasteiger partial charge on any atom is -0.371 e. The molecule has 0 N–H and O–H groups in total. The van der Waals surface area contributed by atoms with Gasteiger partial charge < -0.3 is 9.80 Å². The van der Waals surface area contributed by atoms with Crippen LogP contribution in [0.2, 0.25) is 0 Å². The summed E-state index contributed by atoms with van der Waals surface area (Å²) in [7, 11) is 1.85. The Balaban J connectivity index is 1.57. The van der Waals surface area contributed by atoms with E-state index in [1.165, 1.54) is 23.9 Å². The lowest BCUT2D eigenvalue weighted by Gasteiger charge is -2.22. The highest BCUT2D eigenvalue weighted by molar-refractivity contribution is 7.12. The third-order valence-electron chi connectivity index (χ3n) is 4.48. The van der Waals surface area contributed by atoms with Crippen molar-refractivity contribution in [1.29, 1.82) is 0 Å². The average molecular weight is 342 g/mol. The molecule has 24 heavy (non-hydrogen) atoms. The quantitative estimate of drug-likeness (QED) is 0.780. The van der Waals surface area contributed by atoms with Crippen molar-refractivity contribution in [3.8, 4) is 0 Å². The number of amides is 1. The third-order valence-corrected chi connectivity index (χ3v) is 5.51. The lowest BCUT2D eigenvalue weighted by Crippen LogP contribution is -2.33. The van der Waals surface area contributed by atoms with Gasteiger partial charge in [0.05, 0.1) is 10.4 Å². The van der Waals surface area contributed by atoms with Gasteiger partial charge in [0.1, 0.15) is 0 Å². The monoisotopic (exact) mass is 342 g/mol. The van der Waals surface area contributed by atoms with Crippen molar-refractivity contribution >= 4 is 28.7 Å². The first-order valence-corrected chi connectivity index (χ1v) is 9.07. The summed E-state index contributed by atoms with van der Waals surface area (Å²) in [6, 6.07) is 12.1. The number of benzene rings is 1. The van der Waals surface area contributed by atoms with Gasteiger partial charge >= 0.3 is 0 Å². The van der Waals surface area contributed by atoms with Crippen LogP contribution < -0.4 is 4.90 Å². The van der Waals surface area contributed by atoms with Crippen LogP contribution in [0.4, 0.5) is 5.69 Å². The van der Waals surface area contributed by atoms with Gasteiger partial charge in [-0.25, -0.2) is 0 Å². The van der Waals surface area contributed by atoms with Crippen molar-refractivity contribution in [3.63, 3.8) is 0 Å². The van der Waals surface area contributed by atoms with E-state index >= 15 is 0 Å². The van der Waals surface area contributed by atoms with Crippen molar-refractivity contribution in [3.05, 3.63) is 52.2 Å². The number of para-hydroxylation sites is 1. The topological polar surface area (TPSA) is 40.6 Å². The van der Waals surface area contributed by atoms with E-state index in [1.807, 2.05) is 13.1 Å². The van der Waals surface area contributed by atoms with Gasteiger partial charge in [0.2, 0.25) is 0 Å². The molecule has 4 nitrogen and oxygen atoms in total. The summed E-state index contributed by atoms with van der Waals surface area (Å²) in [5.74, 6) is 0.484. The molecule has 5 heteroatoms. The second kappa shape index (κ2) is 7.18. The minimum atomic E-state index is -0.00286. The van der Waals surface area contributed by atoms with Crippen LogP contribution in [0.1, 0.15) is 33.4 Å². The Kier molecular flexibility index (Phi) is 5.00. The van der Waals surface area contributed by atoms with Crippen LogP contribution in [-0.2, 0) is 0 Å². The number of hydrogen-bond acceptors (Lipinski definition) is 4. The minimum absolute atomic E-state index is 0.00286. The van der Waals surface area contributed by atoms with Crippen molar-refractivity contribution < 1.29 is 9.59 Å². The van der Waals surface area contributed by atoms with E-state index in [9.17, 15) is 9.59 Å². The molecule has 1 aromatic heterocycles. The fourth-order valence-corrected chi connectivity index (χ4v) is 3.96. The molecule has 0 radical (unpaired) electrons. The number of thiophene rings is 1. The van der Waals surface area contributed by atoms with Crippen LogP contribution in [0.15, 0.2) is 41.8 Å². The highest BCUT2D eigenvalue weighted by atomic mass is 32.1. The molecule has 0 aliphatic carbocycles. The zero-order valence-electron chi connectivity index (χ0n) is 14.1. The standard InChI is InChI=1S/C19H22N2O2S/c1-14(22)18-10-16(13-24-18)19(23)20(2)11-15-8-9-21(12-15)17-6-4-3-5-7-17/h3-7,10,13,15H,8-9,11-12H2,1-2H3. The molecule has 1 aromatic carbocycles. The number of carbonyl (C=O) groups is 2. The number of hydrogen-bond donors (Lipinski definition) is 0. The molecule has 126 valence electrons. The predicted molar refractivity (Wildman–Crippen MR) is 98.0 cm³/mol. The fraction of sp³-hybridized carbons (Fsp3) is 0.368. The smallest absolute Gasteiger partial charge is 0.254 e. The zero-order chi connectivity index (χ0) is 17.1. The molecule has 1 aliphatic heterocycles. The molecule has 1 amide bonds. The molecule has 0 bridgehead atoms. The van der Waals surface area contributed by atoms with Gasteiger partial charge in [-0.05, 0) is 37.5 Å². The zero-order valence-corrected chi connectivity index (χ0v) is 14.9. The number of anilines is 1. The van der Waals surface area contributed by atoms with Crippen LogP contribution >= 0.6 is 11.3 Å². The molecule has 1 fully saturated rings. The number of carbonyl (C=O) groups excluding carboxylic acids is 2. The first-order chi connectivity index (χ1) is 11.5. The van der Waals surface area contributed by atoms with Crippen LogP contribution in [-0.4, -0.2) is 43.3 Å². The van der Waals surface area contributed by atoms with Gasteiger partial charge in [-0.2, -0.15) is 0 Å². The first-order valence-electron chi connectivity index (χ1n) is 8.19. The van der Waals surface area contributed by atoms with Crippen LogP contribution in [0.5, 0.6) is 0 Å². The maximum Gasteiger partial charge on any atom is 0.254 e. The van der Waals surface area contributed by atoms with Crippen molar-refractivity contribution in [2.45, 2.75) is 13.3 Å². The molecule has 0 saturated carbocycles. The first kappa shape index (κ1) is 16.7. The lowest BCUT2D eigenvalue weighted by molar-refractivity contribution is 0.0777. The molecule has 2 heterocycles. The van der Waals surface area contributed by atoms with E-state index < -0.39 is 0 Å². The summed E-state index contributed by atoms with van der Waals surface area (Å²) in [6.07, 6.45) is 1.09. The molecule has 0 spiro atoms. The van der Waals surface area contributed by atoms with Gasteiger partial charge in [0.25, 0.3) is 5.91 Å². The summed E-state index contributed by atoms with van der Waals surface area (Å²) in [4.78, 5) is 28.7. The second-order valence-corrected chi connectivity index (χ2v) is 7.29. The lowest BCUT2D eigenvalue weighted by atomic mass is 10.1. The number of rotatable bonds is 5. The maximum atomic E-state index is 12.5. The second-order valence-electron chi connectivity index (χ2n) is 6.38. The molecule has 1 atom stereocenters. The predicted octanol–water partition coefficient (Wildman–Crippen LogP) is 3.55. The van der Waals surface area contributed by atoms with Gasteiger partial charge in [-0.3, -0.25) is 9.59 Å². The Bertz CT molecular complexity index is 726. The maximum absolute atomic E-state index is 12.5. The molecular weight excluding hydrogens is 320 g/mol. The van der Waals surface area contributed by atoms with Crippen LogP contribution in [0.3, 0.4) is 0 Å². The molecule has 2 aromatic rings. The average Bonchev–Trinajstić information content (AvgIpc) is 3.24. The van der Waals surface area contributed by atoms with Crippen LogP contribution in [0.25, 0.3) is 0 Å². The van der Waals surface area contributed by atoms with Gasteiger partial charge in [0, 0.05) is 37.7 Å². The van der Waals surface area contributed by atoms with Gasteiger partial charge in [-0.1, -0.05) is 18.2 Å². The van der Waals surface area contributed by atoms with E-state index in [-0.39, 0.29) is 11.7 Å². The largest absolute Gasteiger partial charge is 0.371 e. The molecule has 1 unspecified atom stereocenters. The summed E-state index contributed by atoms with van der Waals surface area (Å²) in [6.45, 7) is 4.28. The Morgan fingerprint density at radius 1 is 1.29 bits per heavy atom. The SMILES string of the molecule is CC(=O)c1cc(C(=O)N(C)CC2CCN(c3ccccc3)C2)cs1. The molecule has 1 aliphatic rings. The van der Waals surface area contributed by atoms with E-state index in [0.29, 0.717) is 16.4 Å². The Morgan fingerprint density at radius 2 is 2.04 bits per heavy atom. The van der Waals surface area contributed by atoms with E-state index in [0.717, 1.165) is 26.1 Å². The third kappa shape index (κ3) is 3.67. The molecule has 1 saturated heterocycles. The number of nitrogens with zero attached hydrogens (tertiary/aromatic N) is 2. The van der Waals surface area contributed by atoms with Crippen molar-refractivity contribution in [2.24, 2.45) is 5.92 Å². The Hall–Kier alpha value is -2.14. The number of ketones is 1. The summed E-state index contributed by atoms with van der Waals surface area (Å²) in [5.41, 5.74) is 1.86. The van der Waals surface area contributed by atoms with E-state index in [2.05, 4.69) is 29.2 Å². The number of Topliss-reactive ketones (excluding diaryl/α,β-unsaturated/α-hetero) is 1. The highest BCUT2D eigenvalue weighted by Gasteiger charge is 2.25. The van der Waals surface area contributed by atoms with Crippen molar-refractivity contribution in [1.82, 2.24) is 4.90 Å². The van der Waals surface area contributed by atoms with E-state index in [1.54, 1.807) is 16.3 Å². The summed E-state index contributed by atoms with van der Waals surface area (Å²) < 4.78 is 0. The molecular formula is C19H22N2O2S. The van der Waals surface area contributed by atoms with E-state index in [4.69, 9.17) is 0 Å². The summed E-state index contributed by atoms with van der Waals surface area (Å²) in [5, 5.41) is 1.78. The Labute approximate surface area is 146 Å². The summed E-state index contributed by atoms with van der Waals surface area (Å²) >= 11 is 1.34. The van der Waals surface area contributed by atoms with Crippen molar-refractivity contribution in [2.75, 3.05) is 31.6 Å². The molecule has 3 rings (SSSR count). The Morgan fingerprint density at radius 3 is 2.71 bits per heavy atom. The van der Waals surface area contributed by atoms with Gasteiger partial charge in [-0.15, -0.1) is 11.3 Å². The van der Waals surface area contributed by atoms with Crippen LogP contribution in [0, 0.1) is 5.92 Å². The fourth-order valence-electron chi connectivity index (χ4n) is 3.18. The highest BCUT2D eigenvalue weighted by Crippen LogP contribution is 2.24.